The van der Waals surface area contributed by atoms with Crippen LogP contribution in [0.25, 0.3) is 0 Å². The lowest BCUT2D eigenvalue weighted by Crippen LogP contribution is -2.31. The largest absolute Gasteiger partial charge is 0.355 e. The molecule has 0 fully saturated rings. The molecular weight excluding hydrogens is 254 g/mol. The number of carbonyl (C=O) groups excluding carboxylic acids is 1. The molecule has 0 aliphatic carbocycles. The molecule has 0 aliphatic heterocycles. The molecule has 0 heterocycles. The molecule has 1 N–H and O–H groups in total. The molecule has 0 saturated carbocycles. The molecular formula is C12H24BrNO. The Morgan fingerprint density at radius 1 is 1.33 bits per heavy atom. The number of nitrogens with one attached hydrogen (secondary N) is 1. The molecule has 2 nitrogen and oxygen atoms in total. The first-order valence-electron chi connectivity index (χ1n) is 5.86. The Labute approximate surface area is 102 Å². The van der Waals surface area contributed by atoms with Gasteiger partial charge in [-0.15, -0.1) is 0 Å². The summed E-state index contributed by atoms with van der Waals surface area (Å²) in [5.74, 6) is 1.34. The van der Waals surface area contributed by atoms with Gasteiger partial charge in [-0.05, 0) is 18.3 Å². The van der Waals surface area contributed by atoms with Crippen LogP contribution in [0.1, 0.15) is 47.0 Å². The Hall–Kier alpha value is -0.0500. The van der Waals surface area contributed by atoms with Crippen LogP contribution in [0.2, 0.25) is 0 Å². The Morgan fingerprint density at radius 3 is 2.40 bits per heavy atom. The summed E-state index contributed by atoms with van der Waals surface area (Å²) in [5.41, 5.74) is 0. The molecule has 15 heavy (non-hydrogen) atoms. The van der Waals surface area contributed by atoms with Gasteiger partial charge in [0, 0.05) is 17.8 Å². The van der Waals surface area contributed by atoms with Crippen LogP contribution in [0.5, 0.6) is 0 Å². The number of rotatable bonds is 7. The molecule has 0 aliphatic rings. The molecule has 0 rings (SSSR count). The first-order chi connectivity index (χ1) is 6.95. The summed E-state index contributed by atoms with van der Waals surface area (Å²) < 4.78 is 0. The SMILES string of the molecule is CCC(C)CC(=O)NCC(Br)CC(C)C. The minimum absolute atomic E-state index is 0.178. The molecule has 0 radical (unpaired) electrons. The Balaban J connectivity index is 3.61. The second kappa shape index (κ2) is 8.14. The second-order valence-electron chi connectivity index (χ2n) is 4.75. The van der Waals surface area contributed by atoms with Gasteiger partial charge in [0.2, 0.25) is 5.91 Å². The number of alkyl halides is 1. The van der Waals surface area contributed by atoms with Crippen molar-refractivity contribution >= 4 is 21.8 Å². The van der Waals surface area contributed by atoms with Crippen molar-refractivity contribution in [2.75, 3.05) is 6.54 Å². The highest BCUT2D eigenvalue weighted by Gasteiger charge is 2.10. The standard InChI is InChI=1S/C12H24BrNO/c1-5-10(4)7-12(15)14-8-11(13)6-9(2)3/h9-11H,5-8H2,1-4H3,(H,14,15). The van der Waals surface area contributed by atoms with Gasteiger partial charge in [-0.2, -0.15) is 0 Å². The van der Waals surface area contributed by atoms with Crippen LogP contribution in [-0.4, -0.2) is 17.3 Å². The molecule has 0 saturated heterocycles. The van der Waals surface area contributed by atoms with Crippen LogP contribution in [0.15, 0.2) is 0 Å². The zero-order valence-electron chi connectivity index (χ0n) is 10.3. The van der Waals surface area contributed by atoms with E-state index in [1.165, 1.54) is 0 Å². The fourth-order valence-corrected chi connectivity index (χ4v) is 2.26. The Bertz CT molecular complexity index is 182. The molecule has 0 bridgehead atoms. The summed E-state index contributed by atoms with van der Waals surface area (Å²) in [6.07, 6.45) is 2.82. The van der Waals surface area contributed by atoms with E-state index >= 15 is 0 Å². The second-order valence-corrected chi connectivity index (χ2v) is 6.04. The zero-order chi connectivity index (χ0) is 11.8. The predicted molar refractivity (Wildman–Crippen MR) is 69.3 cm³/mol. The maximum absolute atomic E-state index is 11.5. The Kier molecular flexibility index (Phi) is 8.12. The highest BCUT2D eigenvalue weighted by molar-refractivity contribution is 9.09. The Morgan fingerprint density at radius 2 is 1.93 bits per heavy atom. The lowest BCUT2D eigenvalue weighted by atomic mass is 10.0. The number of carbonyl (C=O) groups is 1. The zero-order valence-corrected chi connectivity index (χ0v) is 11.9. The number of hydrogen-bond acceptors (Lipinski definition) is 1. The molecule has 0 spiro atoms. The van der Waals surface area contributed by atoms with E-state index < -0.39 is 0 Å². The monoisotopic (exact) mass is 277 g/mol. The summed E-state index contributed by atoms with van der Waals surface area (Å²) in [5, 5.41) is 2.97. The lowest BCUT2D eigenvalue weighted by Gasteiger charge is -2.14. The summed E-state index contributed by atoms with van der Waals surface area (Å²) in [6.45, 7) is 9.35. The first kappa shape index (κ1) is 14.9. The highest BCUT2D eigenvalue weighted by Crippen LogP contribution is 2.12. The third-order valence-corrected chi connectivity index (χ3v) is 3.18. The average Bonchev–Trinajstić information content (AvgIpc) is 2.13. The van der Waals surface area contributed by atoms with E-state index in [9.17, 15) is 4.79 Å². The van der Waals surface area contributed by atoms with Gasteiger partial charge in [0.25, 0.3) is 0 Å². The van der Waals surface area contributed by atoms with Crippen LogP contribution >= 0.6 is 15.9 Å². The van der Waals surface area contributed by atoms with Crippen LogP contribution in [-0.2, 0) is 4.79 Å². The van der Waals surface area contributed by atoms with Gasteiger partial charge in [-0.25, -0.2) is 0 Å². The third-order valence-electron chi connectivity index (χ3n) is 2.48. The van der Waals surface area contributed by atoms with Gasteiger partial charge >= 0.3 is 0 Å². The quantitative estimate of drug-likeness (QED) is 0.711. The van der Waals surface area contributed by atoms with Gasteiger partial charge in [-0.3, -0.25) is 4.79 Å². The normalized spacial score (nSPS) is 15.1. The fourth-order valence-electron chi connectivity index (χ4n) is 1.35. The van der Waals surface area contributed by atoms with Gasteiger partial charge in [0.05, 0.1) is 0 Å². The molecule has 0 aromatic carbocycles. The molecule has 90 valence electrons. The van der Waals surface area contributed by atoms with Gasteiger partial charge in [0.1, 0.15) is 0 Å². The smallest absolute Gasteiger partial charge is 0.220 e. The van der Waals surface area contributed by atoms with Crippen molar-refractivity contribution in [3.63, 3.8) is 0 Å². The van der Waals surface area contributed by atoms with Gasteiger partial charge in [-0.1, -0.05) is 50.0 Å². The first-order valence-corrected chi connectivity index (χ1v) is 6.78. The summed E-state index contributed by atoms with van der Waals surface area (Å²) >= 11 is 3.58. The number of halogens is 1. The van der Waals surface area contributed by atoms with Crippen molar-refractivity contribution in [2.24, 2.45) is 11.8 Å². The van der Waals surface area contributed by atoms with E-state index in [0.29, 0.717) is 23.1 Å². The van der Waals surface area contributed by atoms with Crippen molar-refractivity contribution in [3.05, 3.63) is 0 Å². The van der Waals surface area contributed by atoms with Crippen LogP contribution in [0.3, 0.4) is 0 Å². The van der Waals surface area contributed by atoms with E-state index in [1.54, 1.807) is 0 Å². The molecule has 1 amide bonds. The molecule has 2 atom stereocenters. The van der Waals surface area contributed by atoms with Crippen molar-refractivity contribution in [1.29, 1.82) is 0 Å². The van der Waals surface area contributed by atoms with E-state index in [1.807, 2.05) is 0 Å². The topological polar surface area (TPSA) is 29.1 Å². The number of hydrogen-bond donors (Lipinski definition) is 1. The number of amides is 1. The van der Waals surface area contributed by atoms with Crippen molar-refractivity contribution in [3.8, 4) is 0 Å². The van der Waals surface area contributed by atoms with Crippen LogP contribution in [0, 0.1) is 11.8 Å². The summed E-state index contributed by atoms with van der Waals surface area (Å²) in [6, 6.07) is 0. The van der Waals surface area contributed by atoms with Gasteiger partial charge in [0.15, 0.2) is 0 Å². The van der Waals surface area contributed by atoms with Crippen LogP contribution in [0.4, 0.5) is 0 Å². The van der Waals surface area contributed by atoms with E-state index in [2.05, 4.69) is 48.9 Å². The molecule has 3 heteroatoms. The third kappa shape index (κ3) is 8.91. The highest BCUT2D eigenvalue weighted by atomic mass is 79.9. The minimum atomic E-state index is 0.178. The van der Waals surface area contributed by atoms with Crippen molar-refractivity contribution in [2.45, 2.75) is 51.8 Å². The maximum atomic E-state index is 11.5. The minimum Gasteiger partial charge on any atom is -0.355 e. The summed E-state index contributed by atoms with van der Waals surface area (Å²) in [7, 11) is 0. The predicted octanol–water partition coefficient (Wildman–Crippen LogP) is 3.35. The molecule has 0 aromatic heterocycles. The average molecular weight is 278 g/mol. The van der Waals surface area contributed by atoms with Gasteiger partial charge < -0.3 is 5.32 Å². The van der Waals surface area contributed by atoms with E-state index in [0.717, 1.165) is 19.4 Å². The molecule has 0 aromatic rings. The molecule has 2 unspecified atom stereocenters. The summed E-state index contributed by atoms with van der Waals surface area (Å²) in [4.78, 5) is 11.9. The van der Waals surface area contributed by atoms with E-state index in [-0.39, 0.29) is 5.91 Å². The lowest BCUT2D eigenvalue weighted by molar-refractivity contribution is -0.121. The fraction of sp³-hybridized carbons (Fsp3) is 0.917. The van der Waals surface area contributed by atoms with E-state index in [4.69, 9.17) is 0 Å². The van der Waals surface area contributed by atoms with Crippen molar-refractivity contribution in [1.82, 2.24) is 5.32 Å². The van der Waals surface area contributed by atoms with Crippen molar-refractivity contribution < 1.29 is 4.79 Å². The maximum Gasteiger partial charge on any atom is 0.220 e. The van der Waals surface area contributed by atoms with Crippen LogP contribution < -0.4 is 5.32 Å².